The standard InChI is InChI=1S/C37H27ClN4O4S2/c1-20-10-4-5-11-23(20)18-41-28-15-9-7-13-26(28)37(34(41)45)30-31(43)25-16-21(2)22(3)17-29(25)46-32(30)33(44)42(37)35-39-40-36(48-35)47-19-24-12-6-8-14-27(24)38/h4-17H,18-19H2,1-3H3. The molecule has 11 heteroatoms. The Labute approximate surface area is 289 Å². The van der Waals surface area contributed by atoms with Gasteiger partial charge in [-0.2, -0.15) is 0 Å². The highest BCUT2D eigenvalue weighted by Gasteiger charge is 2.66. The van der Waals surface area contributed by atoms with Gasteiger partial charge in [-0.3, -0.25) is 19.3 Å². The van der Waals surface area contributed by atoms with Crippen LogP contribution in [-0.2, 0) is 22.6 Å². The van der Waals surface area contributed by atoms with Crippen molar-refractivity contribution in [3.05, 3.63) is 145 Å². The van der Waals surface area contributed by atoms with E-state index in [0.717, 1.165) is 27.8 Å². The largest absolute Gasteiger partial charge is 0.450 e. The molecule has 2 amide bonds. The molecular weight excluding hydrogens is 664 g/mol. The molecule has 0 fully saturated rings. The molecule has 0 saturated heterocycles. The number of fused-ring (bicyclic) bond motifs is 5. The van der Waals surface area contributed by atoms with E-state index >= 15 is 4.79 Å². The predicted molar refractivity (Wildman–Crippen MR) is 189 cm³/mol. The first kappa shape index (κ1) is 30.6. The number of benzene rings is 4. The van der Waals surface area contributed by atoms with E-state index in [-0.39, 0.29) is 28.6 Å². The van der Waals surface area contributed by atoms with Gasteiger partial charge < -0.3 is 9.32 Å². The first-order valence-corrected chi connectivity index (χ1v) is 17.5. The highest BCUT2D eigenvalue weighted by molar-refractivity contribution is 8.00. The van der Waals surface area contributed by atoms with Crippen molar-refractivity contribution >= 4 is 68.3 Å². The number of hydrogen-bond acceptors (Lipinski definition) is 8. The summed E-state index contributed by atoms with van der Waals surface area (Å²) in [7, 11) is 0. The Kier molecular flexibility index (Phi) is 7.28. The van der Waals surface area contributed by atoms with Crippen LogP contribution in [0.5, 0.6) is 0 Å². The van der Waals surface area contributed by atoms with Crippen molar-refractivity contribution in [2.75, 3.05) is 9.80 Å². The summed E-state index contributed by atoms with van der Waals surface area (Å²) in [6.45, 7) is 6.07. The van der Waals surface area contributed by atoms with Crippen LogP contribution in [0.2, 0.25) is 5.02 Å². The molecule has 0 radical (unpaired) electrons. The normalized spacial score (nSPS) is 16.8. The second-order valence-electron chi connectivity index (χ2n) is 12.0. The molecule has 0 saturated carbocycles. The molecule has 0 N–H and O–H groups in total. The minimum atomic E-state index is -1.86. The maximum Gasteiger partial charge on any atom is 0.297 e. The first-order valence-electron chi connectivity index (χ1n) is 15.3. The molecule has 1 unspecified atom stereocenters. The number of anilines is 2. The van der Waals surface area contributed by atoms with Gasteiger partial charge in [0.2, 0.25) is 10.9 Å². The zero-order valence-electron chi connectivity index (χ0n) is 26.1. The number of para-hydroxylation sites is 1. The quantitative estimate of drug-likeness (QED) is 0.129. The Morgan fingerprint density at radius 3 is 2.35 bits per heavy atom. The Bertz CT molecular complexity index is 2390. The van der Waals surface area contributed by atoms with Crippen LogP contribution in [0.15, 0.2) is 98.5 Å². The summed E-state index contributed by atoms with van der Waals surface area (Å²) < 4.78 is 6.89. The fourth-order valence-electron chi connectivity index (χ4n) is 6.64. The number of amides is 2. The highest BCUT2D eigenvalue weighted by atomic mass is 35.5. The molecule has 1 spiro atoms. The summed E-state index contributed by atoms with van der Waals surface area (Å²) in [5.41, 5.74) is 3.81. The Morgan fingerprint density at radius 2 is 1.56 bits per heavy atom. The van der Waals surface area contributed by atoms with Crippen LogP contribution in [0, 0.1) is 20.8 Å². The first-order chi connectivity index (χ1) is 23.2. The van der Waals surface area contributed by atoms with Crippen LogP contribution in [-0.4, -0.2) is 22.0 Å². The number of hydrogen-bond donors (Lipinski definition) is 0. The second-order valence-corrected chi connectivity index (χ2v) is 14.6. The van der Waals surface area contributed by atoms with Gasteiger partial charge in [0.05, 0.1) is 23.2 Å². The number of thioether (sulfide) groups is 1. The van der Waals surface area contributed by atoms with E-state index in [0.29, 0.717) is 31.8 Å². The van der Waals surface area contributed by atoms with Crippen molar-refractivity contribution in [1.82, 2.24) is 10.2 Å². The molecule has 0 bridgehead atoms. The fraction of sp³-hybridized carbons (Fsp3) is 0.162. The molecule has 0 aliphatic carbocycles. The van der Waals surface area contributed by atoms with Crippen LogP contribution in [0.1, 0.15) is 49.5 Å². The van der Waals surface area contributed by atoms with Gasteiger partial charge in [-0.25, -0.2) is 0 Å². The van der Waals surface area contributed by atoms with Crippen molar-refractivity contribution in [2.24, 2.45) is 0 Å². The van der Waals surface area contributed by atoms with Gasteiger partial charge in [0.1, 0.15) is 5.58 Å². The Morgan fingerprint density at radius 1 is 0.854 bits per heavy atom. The molecule has 1 atom stereocenters. The average Bonchev–Trinajstić information content (AvgIpc) is 3.72. The molecule has 2 aliphatic heterocycles. The van der Waals surface area contributed by atoms with E-state index < -0.39 is 22.8 Å². The van der Waals surface area contributed by atoms with Gasteiger partial charge in [-0.1, -0.05) is 95.4 Å². The summed E-state index contributed by atoms with van der Waals surface area (Å²) in [4.78, 5) is 47.6. The maximum absolute atomic E-state index is 15.2. The van der Waals surface area contributed by atoms with Crippen LogP contribution >= 0.6 is 34.7 Å². The Balaban J connectivity index is 1.34. The number of rotatable bonds is 6. The van der Waals surface area contributed by atoms with E-state index in [9.17, 15) is 9.59 Å². The third-order valence-corrected chi connectivity index (χ3v) is 11.7. The SMILES string of the molecule is Cc1cc2oc3c(c(=O)c2cc1C)C1(C(=O)N(Cc2ccccc2C)c2ccccc21)N(c1nnc(SCc2ccccc2Cl)s1)C3=O. The van der Waals surface area contributed by atoms with E-state index in [1.165, 1.54) is 28.0 Å². The van der Waals surface area contributed by atoms with E-state index in [2.05, 4.69) is 10.2 Å². The number of carbonyl (C=O) groups is 2. The summed E-state index contributed by atoms with van der Waals surface area (Å²) in [6, 6.07) is 26.2. The van der Waals surface area contributed by atoms with E-state index in [1.807, 2.05) is 87.5 Å². The molecule has 4 aromatic carbocycles. The highest BCUT2D eigenvalue weighted by Crippen LogP contribution is 2.55. The molecule has 8 nitrogen and oxygen atoms in total. The molecular formula is C37H27ClN4O4S2. The monoisotopic (exact) mass is 690 g/mol. The van der Waals surface area contributed by atoms with E-state index in [1.54, 1.807) is 23.1 Å². The van der Waals surface area contributed by atoms with Crippen molar-refractivity contribution in [2.45, 2.75) is 42.9 Å². The molecule has 238 valence electrons. The molecule has 2 aromatic heterocycles. The van der Waals surface area contributed by atoms with Crippen LogP contribution in [0.4, 0.5) is 10.8 Å². The summed E-state index contributed by atoms with van der Waals surface area (Å²) in [5, 5.41) is 9.98. The third kappa shape index (κ3) is 4.47. The van der Waals surface area contributed by atoms with Gasteiger partial charge in [0.25, 0.3) is 11.8 Å². The number of aryl methyl sites for hydroxylation is 3. The van der Waals surface area contributed by atoms with Gasteiger partial charge >= 0.3 is 0 Å². The molecule has 2 aliphatic rings. The lowest BCUT2D eigenvalue weighted by molar-refractivity contribution is -0.121. The molecule has 8 rings (SSSR count). The molecule has 48 heavy (non-hydrogen) atoms. The van der Waals surface area contributed by atoms with Gasteiger partial charge in [-0.05, 0) is 72.9 Å². The topological polar surface area (TPSA) is 96.6 Å². The van der Waals surface area contributed by atoms with Crippen molar-refractivity contribution in [3.63, 3.8) is 0 Å². The number of carbonyl (C=O) groups excluding carboxylic acids is 2. The maximum atomic E-state index is 15.2. The van der Waals surface area contributed by atoms with Crippen LogP contribution < -0.4 is 15.2 Å². The van der Waals surface area contributed by atoms with Crippen LogP contribution in [0.3, 0.4) is 0 Å². The zero-order valence-corrected chi connectivity index (χ0v) is 28.5. The average molecular weight is 691 g/mol. The van der Waals surface area contributed by atoms with Crippen LogP contribution in [0.25, 0.3) is 11.0 Å². The van der Waals surface area contributed by atoms with Gasteiger partial charge in [0, 0.05) is 16.3 Å². The summed E-state index contributed by atoms with van der Waals surface area (Å²) in [6.07, 6.45) is 0. The summed E-state index contributed by atoms with van der Waals surface area (Å²) >= 11 is 9.00. The van der Waals surface area contributed by atoms with Crippen molar-refractivity contribution in [3.8, 4) is 0 Å². The van der Waals surface area contributed by atoms with Crippen molar-refractivity contribution in [1.29, 1.82) is 0 Å². The smallest absolute Gasteiger partial charge is 0.297 e. The van der Waals surface area contributed by atoms with Gasteiger partial charge in [-0.15, -0.1) is 10.2 Å². The molecule has 6 aromatic rings. The lowest BCUT2D eigenvalue weighted by Crippen LogP contribution is -2.53. The minimum absolute atomic E-state index is 0.00606. The molecule has 4 heterocycles. The zero-order chi connectivity index (χ0) is 33.3. The number of aromatic nitrogens is 2. The number of nitrogens with zero attached hydrogens (tertiary/aromatic N) is 4. The predicted octanol–water partition coefficient (Wildman–Crippen LogP) is 7.97. The second kappa shape index (κ2) is 11.4. The van der Waals surface area contributed by atoms with Crippen molar-refractivity contribution < 1.29 is 14.0 Å². The Hall–Kier alpha value is -4.77. The minimum Gasteiger partial charge on any atom is -0.450 e. The fourth-order valence-corrected chi connectivity index (χ4v) is 8.82. The lowest BCUT2D eigenvalue weighted by atomic mass is 9.84. The number of halogens is 1. The third-order valence-electron chi connectivity index (χ3n) is 9.23. The van der Waals surface area contributed by atoms with Gasteiger partial charge in [0.15, 0.2) is 15.3 Å². The summed E-state index contributed by atoms with van der Waals surface area (Å²) in [5.74, 6) is -0.696. The van der Waals surface area contributed by atoms with E-state index in [4.69, 9.17) is 16.0 Å². The lowest BCUT2D eigenvalue weighted by Gasteiger charge is -2.32.